The van der Waals surface area contributed by atoms with Crippen molar-refractivity contribution in [2.45, 2.75) is 26.9 Å². The molecule has 0 radical (unpaired) electrons. The zero-order valence-corrected chi connectivity index (χ0v) is 14.7. The average Bonchev–Trinajstić information content (AvgIpc) is 2.87. The molecule has 0 amide bonds. The van der Waals surface area contributed by atoms with Gasteiger partial charge in [0.25, 0.3) is 0 Å². The first kappa shape index (κ1) is 17.3. The summed E-state index contributed by atoms with van der Waals surface area (Å²) in [6.07, 6.45) is 0. The molecular formula is C21H18N4O. The topological polar surface area (TPSA) is 74.5 Å². The van der Waals surface area contributed by atoms with Gasteiger partial charge >= 0.3 is 5.69 Å². The molecule has 0 atom stereocenters. The Labute approximate surface area is 152 Å². The quantitative estimate of drug-likeness (QED) is 0.731. The summed E-state index contributed by atoms with van der Waals surface area (Å²) in [7, 11) is 0. The Hall–Kier alpha value is -3.57. The van der Waals surface area contributed by atoms with E-state index < -0.39 is 0 Å². The van der Waals surface area contributed by atoms with Crippen LogP contribution in [0.1, 0.15) is 33.6 Å². The first-order valence-corrected chi connectivity index (χ1v) is 8.29. The van der Waals surface area contributed by atoms with Crippen LogP contribution in [0.3, 0.4) is 0 Å². The fourth-order valence-corrected chi connectivity index (χ4v) is 3.07. The predicted molar refractivity (Wildman–Crippen MR) is 98.7 cm³/mol. The summed E-state index contributed by atoms with van der Waals surface area (Å²) in [5.41, 5.74) is 4.34. The van der Waals surface area contributed by atoms with Gasteiger partial charge in [-0.3, -0.25) is 9.13 Å². The molecule has 0 fully saturated rings. The first-order chi connectivity index (χ1) is 12.6. The molecule has 0 saturated heterocycles. The Kier molecular flexibility index (Phi) is 4.73. The number of imidazole rings is 1. The van der Waals surface area contributed by atoms with Gasteiger partial charge in [0.1, 0.15) is 0 Å². The molecule has 0 aliphatic carbocycles. The summed E-state index contributed by atoms with van der Waals surface area (Å²) in [5.74, 6) is 0. The van der Waals surface area contributed by atoms with Gasteiger partial charge in [0, 0.05) is 11.4 Å². The van der Waals surface area contributed by atoms with Gasteiger partial charge in [0.2, 0.25) is 0 Å². The standard InChI is InChI=1S/C21H18N4O/c1-15-16(2)25(14-20-10-6-4-8-18(20)12-23)21(26)24(15)13-19-9-5-3-7-17(19)11-22/h3-10H,13-14H2,1-2H3. The SMILES string of the molecule is Cc1c(C)n(Cc2ccccc2C#N)c(=O)n1Cc1ccccc1C#N. The molecule has 5 nitrogen and oxygen atoms in total. The van der Waals surface area contributed by atoms with Gasteiger partial charge in [0.05, 0.1) is 36.4 Å². The van der Waals surface area contributed by atoms with Gasteiger partial charge in [0.15, 0.2) is 0 Å². The van der Waals surface area contributed by atoms with Crippen LogP contribution in [-0.2, 0) is 13.1 Å². The van der Waals surface area contributed by atoms with Crippen molar-refractivity contribution in [1.82, 2.24) is 9.13 Å². The van der Waals surface area contributed by atoms with Crippen molar-refractivity contribution in [3.05, 3.63) is 92.7 Å². The monoisotopic (exact) mass is 342 g/mol. The van der Waals surface area contributed by atoms with Crippen molar-refractivity contribution in [3.63, 3.8) is 0 Å². The van der Waals surface area contributed by atoms with Crippen molar-refractivity contribution >= 4 is 0 Å². The van der Waals surface area contributed by atoms with E-state index in [-0.39, 0.29) is 5.69 Å². The maximum Gasteiger partial charge on any atom is 0.329 e. The lowest BCUT2D eigenvalue weighted by molar-refractivity contribution is 0.671. The molecule has 0 bridgehead atoms. The predicted octanol–water partition coefficient (Wildman–Crippen LogP) is 3.11. The summed E-state index contributed by atoms with van der Waals surface area (Å²) >= 11 is 0. The van der Waals surface area contributed by atoms with E-state index >= 15 is 0 Å². The van der Waals surface area contributed by atoms with Gasteiger partial charge in [-0.15, -0.1) is 0 Å². The zero-order chi connectivity index (χ0) is 18.7. The van der Waals surface area contributed by atoms with E-state index in [1.165, 1.54) is 0 Å². The van der Waals surface area contributed by atoms with E-state index in [4.69, 9.17) is 0 Å². The third kappa shape index (κ3) is 3.03. The molecule has 2 aromatic carbocycles. The minimum absolute atomic E-state index is 0.138. The van der Waals surface area contributed by atoms with Gasteiger partial charge in [-0.2, -0.15) is 10.5 Å². The molecule has 128 valence electrons. The number of benzene rings is 2. The van der Waals surface area contributed by atoms with Crippen LogP contribution in [-0.4, -0.2) is 9.13 Å². The summed E-state index contributed by atoms with van der Waals surface area (Å²) in [4.78, 5) is 13.0. The van der Waals surface area contributed by atoms with Gasteiger partial charge < -0.3 is 0 Å². The molecule has 26 heavy (non-hydrogen) atoms. The molecule has 0 N–H and O–H groups in total. The fraction of sp³-hybridized carbons (Fsp3) is 0.190. The van der Waals surface area contributed by atoms with E-state index in [1.807, 2.05) is 50.2 Å². The number of nitriles is 2. The van der Waals surface area contributed by atoms with Crippen LogP contribution < -0.4 is 5.69 Å². The second-order valence-electron chi connectivity index (χ2n) is 6.16. The van der Waals surface area contributed by atoms with Crippen LogP contribution in [0.15, 0.2) is 53.3 Å². The largest absolute Gasteiger partial charge is 0.329 e. The zero-order valence-electron chi connectivity index (χ0n) is 14.7. The Morgan fingerprint density at radius 2 is 1.15 bits per heavy atom. The second kappa shape index (κ2) is 7.13. The highest BCUT2D eigenvalue weighted by Gasteiger charge is 2.16. The first-order valence-electron chi connectivity index (χ1n) is 8.29. The molecule has 0 aliphatic heterocycles. The number of aromatic nitrogens is 2. The van der Waals surface area contributed by atoms with E-state index in [1.54, 1.807) is 21.3 Å². The van der Waals surface area contributed by atoms with E-state index in [0.29, 0.717) is 24.2 Å². The molecule has 1 heterocycles. The average molecular weight is 342 g/mol. The molecule has 5 heteroatoms. The molecule has 3 aromatic rings. The van der Waals surface area contributed by atoms with Crippen molar-refractivity contribution in [1.29, 1.82) is 10.5 Å². The van der Waals surface area contributed by atoms with E-state index in [9.17, 15) is 15.3 Å². The molecule has 0 saturated carbocycles. The van der Waals surface area contributed by atoms with Crippen LogP contribution in [0.4, 0.5) is 0 Å². The highest BCUT2D eigenvalue weighted by Crippen LogP contribution is 2.15. The molecular weight excluding hydrogens is 324 g/mol. The summed E-state index contributed by atoms with van der Waals surface area (Å²) < 4.78 is 3.36. The molecule has 0 unspecified atom stereocenters. The highest BCUT2D eigenvalue weighted by atomic mass is 16.1. The smallest absolute Gasteiger partial charge is 0.292 e. The Bertz CT molecular complexity index is 1020. The number of hydrogen-bond donors (Lipinski definition) is 0. The van der Waals surface area contributed by atoms with Crippen molar-refractivity contribution < 1.29 is 0 Å². The summed E-state index contributed by atoms with van der Waals surface area (Å²) in [6, 6.07) is 18.9. The van der Waals surface area contributed by atoms with Crippen LogP contribution in [0.2, 0.25) is 0 Å². The molecule has 0 aliphatic rings. The van der Waals surface area contributed by atoms with E-state index in [2.05, 4.69) is 12.1 Å². The van der Waals surface area contributed by atoms with Crippen molar-refractivity contribution in [2.24, 2.45) is 0 Å². The van der Waals surface area contributed by atoms with Crippen LogP contribution in [0, 0.1) is 36.5 Å². The fourth-order valence-electron chi connectivity index (χ4n) is 3.07. The van der Waals surface area contributed by atoms with Gasteiger partial charge in [-0.05, 0) is 37.1 Å². The van der Waals surface area contributed by atoms with Crippen molar-refractivity contribution in [2.75, 3.05) is 0 Å². The van der Waals surface area contributed by atoms with E-state index in [0.717, 1.165) is 22.5 Å². The lowest BCUT2D eigenvalue weighted by atomic mass is 10.1. The molecule has 0 spiro atoms. The highest BCUT2D eigenvalue weighted by molar-refractivity contribution is 5.39. The lowest BCUT2D eigenvalue weighted by Gasteiger charge is -2.07. The second-order valence-corrected chi connectivity index (χ2v) is 6.16. The number of rotatable bonds is 4. The third-order valence-corrected chi connectivity index (χ3v) is 4.73. The number of hydrogen-bond acceptors (Lipinski definition) is 3. The Balaban J connectivity index is 2.03. The molecule has 3 rings (SSSR count). The molecule has 1 aromatic heterocycles. The summed E-state index contributed by atoms with van der Waals surface area (Å²) in [5, 5.41) is 18.5. The normalized spacial score (nSPS) is 10.3. The maximum absolute atomic E-state index is 13.0. The summed E-state index contributed by atoms with van der Waals surface area (Å²) in [6.45, 7) is 4.50. The van der Waals surface area contributed by atoms with Crippen LogP contribution in [0.25, 0.3) is 0 Å². The van der Waals surface area contributed by atoms with Crippen LogP contribution in [0.5, 0.6) is 0 Å². The minimum Gasteiger partial charge on any atom is -0.292 e. The van der Waals surface area contributed by atoms with Gasteiger partial charge in [-0.1, -0.05) is 36.4 Å². The van der Waals surface area contributed by atoms with Gasteiger partial charge in [-0.25, -0.2) is 4.79 Å². The lowest BCUT2D eigenvalue weighted by Crippen LogP contribution is -2.26. The Morgan fingerprint density at radius 3 is 1.54 bits per heavy atom. The minimum atomic E-state index is -0.138. The third-order valence-electron chi connectivity index (χ3n) is 4.73. The van der Waals surface area contributed by atoms with Crippen LogP contribution >= 0.6 is 0 Å². The van der Waals surface area contributed by atoms with Crippen molar-refractivity contribution in [3.8, 4) is 12.1 Å². The number of nitrogens with zero attached hydrogens (tertiary/aromatic N) is 4. The Morgan fingerprint density at radius 1 is 0.769 bits per heavy atom. The maximum atomic E-state index is 13.0.